The lowest BCUT2D eigenvalue weighted by Gasteiger charge is -2.10. The summed E-state index contributed by atoms with van der Waals surface area (Å²) in [5, 5.41) is 3.80. The van der Waals surface area contributed by atoms with Crippen molar-refractivity contribution in [2.75, 3.05) is 18.2 Å². The van der Waals surface area contributed by atoms with Gasteiger partial charge in [-0.15, -0.1) is 0 Å². The maximum atomic E-state index is 6.06. The number of benzene rings is 1. The fourth-order valence-electron chi connectivity index (χ4n) is 1.50. The fraction of sp³-hybridized carbons (Fsp3) is 0.167. The molecule has 2 rings (SSSR count). The summed E-state index contributed by atoms with van der Waals surface area (Å²) in [6.07, 6.45) is 1.39. The summed E-state index contributed by atoms with van der Waals surface area (Å²) in [4.78, 5) is 7.97. The van der Waals surface area contributed by atoms with E-state index in [2.05, 4.69) is 15.3 Å². The van der Waals surface area contributed by atoms with Crippen LogP contribution in [-0.2, 0) is 6.54 Å². The standard InChI is InChI=1S/C12H13ClN4O/c1-18-12-10(14)11(16-7-17-12)15-6-8-4-2-3-5-9(8)13/h2-5,7H,6,14H2,1H3,(H,15,16,17). The Morgan fingerprint density at radius 1 is 1.33 bits per heavy atom. The number of rotatable bonds is 4. The smallest absolute Gasteiger partial charge is 0.242 e. The molecule has 0 aliphatic rings. The van der Waals surface area contributed by atoms with E-state index < -0.39 is 0 Å². The van der Waals surface area contributed by atoms with Crippen molar-refractivity contribution in [3.8, 4) is 5.88 Å². The Morgan fingerprint density at radius 3 is 2.83 bits per heavy atom. The van der Waals surface area contributed by atoms with E-state index in [1.165, 1.54) is 13.4 Å². The zero-order valence-electron chi connectivity index (χ0n) is 9.85. The lowest BCUT2D eigenvalue weighted by atomic mass is 10.2. The molecule has 0 bridgehead atoms. The van der Waals surface area contributed by atoms with Crippen LogP contribution in [0.15, 0.2) is 30.6 Å². The molecular weight excluding hydrogens is 252 g/mol. The number of nitrogens with zero attached hydrogens (tertiary/aromatic N) is 2. The third kappa shape index (κ3) is 2.62. The summed E-state index contributed by atoms with van der Waals surface area (Å²) >= 11 is 6.06. The van der Waals surface area contributed by atoms with Crippen LogP contribution in [0.1, 0.15) is 5.56 Å². The summed E-state index contributed by atoms with van der Waals surface area (Å²) in [6, 6.07) is 7.58. The third-order valence-electron chi connectivity index (χ3n) is 2.44. The predicted molar refractivity (Wildman–Crippen MR) is 71.8 cm³/mol. The van der Waals surface area contributed by atoms with Crippen molar-refractivity contribution < 1.29 is 4.74 Å². The number of hydrogen-bond acceptors (Lipinski definition) is 5. The van der Waals surface area contributed by atoms with E-state index in [0.717, 1.165) is 5.56 Å². The average molecular weight is 265 g/mol. The van der Waals surface area contributed by atoms with Gasteiger partial charge in [-0.3, -0.25) is 0 Å². The second-order valence-electron chi connectivity index (χ2n) is 3.59. The van der Waals surface area contributed by atoms with Gasteiger partial charge in [-0.05, 0) is 11.6 Å². The van der Waals surface area contributed by atoms with Gasteiger partial charge in [0.15, 0.2) is 5.82 Å². The van der Waals surface area contributed by atoms with Gasteiger partial charge in [0.1, 0.15) is 12.0 Å². The van der Waals surface area contributed by atoms with Crippen molar-refractivity contribution in [1.82, 2.24) is 9.97 Å². The molecule has 1 aromatic heterocycles. The van der Waals surface area contributed by atoms with Crippen LogP contribution in [0.5, 0.6) is 5.88 Å². The maximum Gasteiger partial charge on any atom is 0.242 e. The summed E-state index contributed by atoms with van der Waals surface area (Å²) < 4.78 is 5.02. The number of hydrogen-bond donors (Lipinski definition) is 2. The lowest BCUT2D eigenvalue weighted by Crippen LogP contribution is -2.07. The molecule has 0 aliphatic carbocycles. The molecule has 2 aromatic rings. The lowest BCUT2D eigenvalue weighted by molar-refractivity contribution is 0.399. The van der Waals surface area contributed by atoms with Crippen molar-refractivity contribution in [1.29, 1.82) is 0 Å². The van der Waals surface area contributed by atoms with Crippen LogP contribution in [0, 0.1) is 0 Å². The highest BCUT2D eigenvalue weighted by Gasteiger charge is 2.08. The van der Waals surface area contributed by atoms with Gasteiger partial charge in [-0.1, -0.05) is 29.8 Å². The van der Waals surface area contributed by atoms with Crippen LogP contribution in [0.3, 0.4) is 0 Å². The first-order valence-electron chi connectivity index (χ1n) is 5.34. The molecule has 1 heterocycles. The molecule has 0 saturated heterocycles. The molecule has 5 nitrogen and oxygen atoms in total. The van der Waals surface area contributed by atoms with Gasteiger partial charge in [0, 0.05) is 11.6 Å². The Bertz CT molecular complexity index is 547. The number of anilines is 2. The summed E-state index contributed by atoms with van der Waals surface area (Å²) in [7, 11) is 1.51. The monoisotopic (exact) mass is 264 g/mol. The number of halogens is 1. The zero-order chi connectivity index (χ0) is 13.0. The van der Waals surface area contributed by atoms with Crippen molar-refractivity contribution in [3.63, 3.8) is 0 Å². The average Bonchev–Trinajstić information content (AvgIpc) is 2.39. The SMILES string of the molecule is COc1ncnc(NCc2ccccc2Cl)c1N. The van der Waals surface area contributed by atoms with Gasteiger partial charge in [0.05, 0.1) is 7.11 Å². The van der Waals surface area contributed by atoms with Crippen LogP contribution < -0.4 is 15.8 Å². The molecule has 0 atom stereocenters. The van der Waals surface area contributed by atoms with Gasteiger partial charge in [0.2, 0.25) is 5.88 Å². The van der Waals surface area contributed by atoms with Crippen LogP contribution in [0.2, 0.25) is 5.02 Å². The minimum absolute atomic E-state index is 0.353. The second kappa shape index (κ2) is 5.55. The molecule has 6 heteroatoms. The first-order chi connectivity index (χ1) is 8.72. The molecule has 3 N–H and O–H groups in total. The number of methoxy groups -OCH3 is 1. The minimum atomic E-state index is 0.353. The molecule has 0 radical (unpaired) electrons. The van der Waals surface area contributed by atoms with E-state index in [1.54, 1.807) is 0 Å². The summed E-state index contributed by atoms with van der Waals surface area (Å²) in [6.45, 7) is 0.532. The van der Waals surface area contributed by atoms with Crippen LogP contribution in [-0.4, -0.2) is 17.1 Å². The Hall–Kier alpha value is -2.01. The van der Waals surface area contributed by atoms with E-state index in [9.17, 15) is 0 Å². The highest BCUT2D eigenvalue weighted by Crippen LogP contribution is 2.25. The van der Waals surface area contributed by atoms with Gasteiger partial charge in [0.25, 0.3) is 0 Å². The third-order valence-corrected chi connectivity index (χ3v) is 2.81. The number of nitrogen functional groups attached to an aromatic ring is 1. The van der Waals surface area contributed by atoms with Crippen molar-refractivity contribution in [2.24, 2.45) is 0 Å². The van der Waals surface area contributed by atoms with Crippen LogP contribution in [0.4, 0.5) is 11.5 Å². The Morgan fingerprint density at radius 2 is 2.11 bits per heavy atom. The number of ether oxygens (including phenoxy) is 1. The van der Waals surface area contributed by atoms with Crippen molar-refractivity contribution in [2.45, 2.75) is 6.54 Å². The van der Waals surface area contributed by atoms with E-state index in [-0.39, 0.29) is 0 Å². The van der Waals surface area contributed by atoms with Gasteiger partial charge in [-0.25, -0.2) is 4.98 Å². The molecule has 0 aliphatic heterocycles. The number of aromatic nitrogens is 2. The van der Waals surface area contributed by atoms with Gasteiger partial charge < -0.3 is 15.8 Å². The summed E-state index contributed by atoms with van der Waals surface area (Å²) in [5.74, 6) is 0.883. The Labute approximate surface area is 110 Å². The first kappa shape index (κ1) is 12.4. The molecule has 18 heavy (non-hydrogen) atoms. The van der Waals surface area contributed by atoms with E-state index in [4.69, 9.17) is 22.1 Å². The molecule has 0 unspecified atom stereocenters. The molecule has 0 spiro atoms. The molecule has 94 valence electrons. The zero-order valence-corrected chi connectivity index (χ0v) is 10.6. The largest absolute Gasteiger partial charge is 0.479 e. The molecule has 0 amide bonds. The maximum absolute atomic E-state index is 6.06. The van der Waals surface area contributed by atoms with Crippen LogP contribution in [0.25, 0.3) is 0 Å². The highest BCUT2D eigenvalue weighted by molar-refractivity contribution is 6.31. The van der Waals surface area contributed by atoms with Gasteiger partial charge in [-0.2, -0.15) is 4.98 Å². The predicted octanol–water partition coefficient (Wildman–Crippen LogP) is 2.33. The van der Waals surface area contributed by atoms with Crippen molar-refractivity contribution in [3.05, 3.63) is 41.2 Å². The summed E-state index contributed by atoms with van der Waals surface area (Å²) in [5.41, 5.74) is 7.20. The normalized spacial score (nSPS) is 10.1. The van der Waals surface area contributed by atoms with E-state index in [0.29, 0.717) is 29.0 Å². The van der Waals surface area contributed by atoms with Gasteiger partial charge >= 0.3 is 0 Å². The minimum Gasteiger partial charge on any atom is -0.479 e. The fourth-order valence-corrected chi connectivity index (χ4v) is 1.71. The van der Waals surface area contributed by atoms with E-state index >= 15 is 0 Å². The quantitative estimate of drug-likeness (QED) is 0.887. The highest BCUT2D eigenvalue weighted by atomic mass is 35.5. The Balaban J connectivity index is 2.14. The second-order valence-corrected chi connectivity index (χ2v) is 4.00. The molecule has 0 saturated carbocycles. The molecule has 0 fully saturated rings. The topological polar surface area (TPSA) is 73.1 Å². The van der Waals surface area contributed by atoms with Crippen LogP contribution >= 0.6 is 11.6 Å². The Kier molecular flexibility index (Phi) is 3.84. The van der Waals surface area contributed by atoms with E-state index in [1.807, 2.05) is 24.3 Å². The first-order valence-corrected chi connectivity index (χ1v) is 5.72. The molecular formula is C12H13ClN4O. The van der Waals surface area contributed by atoms with Crippen molar-refractivity contribution >= 4 is 23.1 Å². The molecule has 1 aromatic carbocycles. The number of nitrogens with one attached hydrogen (secondary N) is 1. The number of nitrogens with two attached hydrogens (primary N) is 1.